The van der Waals surface area contributed by atoms with Crippen LogP contribution in [-0.2, 0) is 23.6 Å². The Bertz CT molecular complexity index is 1170. The van der Waals surface area contributed by atoms with E-state index in [1.165, 1.54) is 13.1 Å². The quantitative estimate of drug-likeness (QED) is 0.276. The lowest BCUT2D eigenvalue weighted by molar-refractivity contribution is -0.143. The smallest absolute Gasteiger partial charge is 0.350 e. The highest BCUT2D eigenvalue weighted by atomic mass is 35.5. The second-order valence-electron chi connectivity index (χ2n) is 9.77. The molecule has 0 radical (unpaired) electrons. The molecule has 1 saturated carbocycles. The summed E-state index contributed by atoms with van der Waals surface area (Å²) in [6.07, 6.45) is -3.74. The Kier molecular flexibility index (Phi) is 9.74. The molecule has 3 rings (SSSR count). The maximum Gasteiger partial charge on any atom is 0.416 e. The molecule has 1 aliphatic rings. The highest BCUT2D eigenvalue weighted by molar-refractivity contribution is 6.30. The van der Waals surface area contributed by atoms with Gasteiger partial charge < -0.3 is 10.2 Å². The zero-order valence-electron chi connectivity index (χ0n) is 21.4. The lowest BCUT2D eigenvalue weighted by Gasteiger charge is -2.28. The molecule has 0 saturated heterocycles. The first-order valence-electron chi connectivity index (χ1n) is 12.5. The summed E-state index contributed by atoms with van der Waals surface area (Å²) < 4.78 is 80.3. The van der Waals surface area contributed by atoms with Crippen molar-refractivity contribution >= 4 is 23.4 Å². The van der Waals surface area contributed by atoms with E-state index in [0.29, 0.717) is 22.7 Å². The number of carbonyl (C=O) groups excluding carboxylic acids is 2. The summed E-state index contributed by atoms with van der Waals surface area (Å²) in [6.45, 7) is 1.55. The number of benzene rings is 2. The lowest BCUT2D eigenvalue weighted by atomic mass is 9.95. The highest BCUT2D eigenvalue weighted by Gasteiger charge is 2.38. The normalized spacial score (nSPS) is 16.1. The van der Waals surface area contributed by atoms with Crippen molar-refractivity contribution in [2.45, 2.75) is 69.9 Å². The summed E-state index contributed by atoms with van der Waals surface area (Å²) in [6, 6.07) is 6.54. The molecule has 11 heteroatoms. The first-order valence-corrected chi connectivity index (χ1v) is 12.8. The molecule has 0 aliphatic heterocycles. The molecule has 212 valence electrons. The van der Waals surface area contributed by atoms with Gasteiger partial charge in [-0.05, 0) is 62.1 Å². The number of amides is 2. The van der Waals surface area contributed by atoms with E-state index < -0.39 is 41.0 Å². The van der Waals surface area contributed by atoms with E-state index in [2.05, 4.69) is 5.32 Å². The zero-order chi connectivity index (χ0) is 29.0. The monoisotopic (exact) mass is 574 g/mol. The van der Waals surface area contributed by atoms with Gasteiger partial charge in [-0.2, -0.15) is 26.3 Å². The molecule has 2 aromatic carbocycles. The average molecular weight is 575 g/mol. The molecule has 4 nitrogen and oxygen atoms in total. The van der Waals surface area contributed by atoms with Crippen LogP contribution in [0.3, 0.4) is 0 Å². The summed E-state index contributed by atoms with van der Waals surface area (Å²) in [5, 5.41) is 3.43. The van der Waals surface area contributed by atoms with Crippen molar-refractivity contribution in [2.24, 2.45) is 0 Å². The van der Waals surface area contributed by atoms with Gasteiger partial charge in [-0.3, -0.25) is 9.59 Å². The van der Waals surface area contributed by atoms with E-state index in [-0.39, 0.29) is 30.0 Å². The van der Waals surface area contributed by atoms with Crippen LogP contribution in [0.15, 0.2) is 54.1 Å². The van der Waals surface area contributed by atoms with Crippen LogP contribution >= 0.6 is 11.6 Å². The molecule has 0 aromatic heterocycles. The summed E-state index contributed by atoms with van der Waals surface area (Å²) in [5.74, 6) is -1.40. The van der Waals surface area contributed by atoms with Crippen LogP contribution in [0.4, 0.5) is 26.3 Å². The van der Waals surface area contributed by atoms with Crippen LogP contribution in [-0.4, -0.2) is 35.8 Å². The third-order valence-corrected chi connectivity index (χ3v) is 7.00. The van der Waals surface area contributed by atoms with Gasteiger partial charge in [0.15, 0.2) is 0 Å². The number of nitrogens with zero attached hydrogens (tertiary/aromatic N) is 1. The second-order valence-corrected chi connectivity index (χ2v) is 10.2. The number of carbonyl (C=O) groups is 2. The van der Waals surface area contributed by atoms with Crippen molar-refractivity contribution in [2.75, 3.05) is 7.05 Å². The third kappa shape index (κ3) is 8.49. The number of rotatable bonds is 7. The molecular weight excluding hydrogens is 546 g/mol. The minimum atomic E-state index is -5.09. The molecule has 2 amide bonds. The van der Waals surface area contributed by atoms with Gasteiger partial charge >= 0.3 is 12.4 Å². The van der Waals surface area contributed by atoms with Crippen molar-refractivity contribution in [3.8, 4) is 0 Å². The van der Waals surface area contributed by atoms with E-state index in [0.717, 1.165) is 37.0 Å². The third-order valence-electron chi connectivity index (χ3n) is 6.75. The Morgan fingerprint density at radius 3 is 2.03 bits per heavy atom. The summed E-state index contributed by atoms with van der Waals surface area (Å²) >= 11 is 5.95. The van der Waals surface area contributed by atoms with Gasteiger partial charge in [-0.1, -0.05) is 49.1 Å². The molecule has 0 heterocycles. The van der Waals surface area contributed by atoms with Crippen LogP contribution in [0, 0.1) is 0 Å². The fourth-order valence-corrected chi connectivity index (χ4v) is 4.64. The van der Waals surface area contributed by atoms with E-state index in [9.17, 15) is 35.9 Å². The number of halogens is 7. The first kappa shape index (κ1) is 30.5. The Hall–Kier alpha value is -3.01. The fraction of sp³-hybridized carbons (Fsp3) is 0.429. The molecule has 39 heavy (non-hydrogen) atoms. The number of alkyl halides is 6. The van der Waals surface area contributed by atoms with Gasteiger partial charge in [0.25, 0.3) is 5.91 Å². The molecule has 1 N–H and O–H groups in total. The number of hydrogen-bond donors (Lipinski definition) is 1. The number of hydrogen-bond acceptors (Lipinski definition) is 2. The molecule has 0 unspecified atom stereocenters. The van der Waals surface area contributed by atoms with Gasteiger partial charge in [-0.25, -0.2) is 0 Å². The van der Waals surface area contributed by atoms with Crippen LogP contribution in [0.25, 0.3) is 0 Å². The Morgan fingerprint density at radius 2 is 1.51 bits per heavy atom. The van der Waals surface area contributed by atoms with Crippen molar-refractivity contribution in [3.05, 3.63) is 81.4 Å². The highest BCUT2D eigenvalue weighted by Crippen LogP contribution is 2.36. The minimum Gasteiger partial charge on any atom is -0.350 e. The van der Waals surface area contributed by atoms with Crippen molar-refractivity contribution in [3.63, 3.8) is 0 Å². The van der Waals surface area contributed by atoms with Gasteiger partial charge in [0.1, 0.15) is 0 Å². The maximum absolute atomic E-state index is 13.4. The van der Waals surface area contributed by atoms with Gasteiger partial charge in [0.05, 0.1) is 17.2 Å². The van der Waals surface area contributed by atoms with E-state index in [1.54, 1.807) is 31.2 Å². The minimum absolute atomic E-state index is 0.0228. The topological polar surface area (TPSA) is 49.4 Å². The van der Waals surface area contributed by atoms with Crippen molar-refractivity contribution in [1.82, 2.24) is 10.2 Å². The molecule has 1 fully saturated rings. The van der Waals surface area contributed by atoms with Gasteiger partial charge in [-0.15, -0.1) is 0 Å². The van der Waals surface area contributed by atoms with Gasteiger partial charge in [0, 0.05) is 29.2 Å². The van der Waals surface area contributed by atoms with E-state index in [1.807, 2.05) is 0 Å². The van der Waals surface area contributed by atoms with E-state index >= 15 is 0 Å². The maximum atomic E-state index is 13.4. The predicted octanol–water partition coefficient (Wildman–Crippen LogP) is 7.46. The summed E-state index contributed by atoms with van der Waals surface area (Å²) in [4.78, 5) is 27.2. The largest absolute Gasteiger partial charge is 0.416 e. The Balaban J connectivity index is 1.95. The molecular formula is C28H29ClF6N2O2. The molecule has 1 atom stereocenters. The molecule has 0 bridgehead atoms. The fourth-order valence-electron chi connectivity index (χ4n) is 4.51. The van der Waals surface area contributed by atoms with Crippen molar-refractivity contribution in [1.29, 1.82) is 0 Å². The average Bonchev–Trinajstić information content (AvgIpc) is 2.88. The zero-order valence-corrected chi connectivity index (χ0v) is 22.2. The molecule has 0 spiro atoms. The first-order chi connectivity index (χ1) is 18.1. The number of likely N-dealkylation sites (N-methyl/N-ethyl adjacent to an activating group) is 1. The lowest BCUT2D eigenvalue weighted by Crippen LogP contribution is -2.40. The van der Waals surface area contributed by atoms with Crippen LogP contribution in [0.5, 0.6) is 0 Å². The molecule has 2 aromatic rings. The molecule has 1 aliphatic carbocycles. The van der Waals surface area contributed by atoms with Crippen LogP contribution in [0.2, 0.25) is 5.02 Å². The Labute approximate surface area is 228 Å². The predicted molar refractivity (Wildman–Crippen MR) is 136 cm³/mol. The SMILES string of the molecule is CC(=C[C@@H](Cc1ccc(Cl)cc1)N(C)C(=O)c1cc(C(F)(F)F)cc(C(F)(F)F)c1)C(=O)NC1CCCCC1. The van der Waals surface area contributed by atoms with Crippen LogP contribution in [0.1, 0.15) is 66.1 Å². The van der Waals surface area contributed by atoms with Gasteiger partial charge in [0.2, 0.25) is 5.91 Å². The Morgan fingerprint density at radius 1 is 0.974 bits per heavy atom. The standard InChI is InChI=1S/C28H29ClF6N2O2/c1-17(25(38)36-23-6-4-3-5-7-23)12-24(13-18-8-10-22(29)11-9-18)37(2)26(39)19-14-20(27(30,31)32)16-21(15-19)28(33,34)35/h8-12,14-16,23-24H,3-7,13H2,1-2H3,(H,36,38)/t24-/m0/s1. The van der Waals surface area contributed by atoms with E-state index in [4.69, 9.17) is 11.6 Å². The summed E-state index contributed by atoms with van der Waals surface area (Å²) in [7, 11) is 1.28. The number of nitrogens with one attached hydrogen (secondary N) is 1. The summed E-state index contributed by atoms with van der Waals surface area (Å²) in [5.41, 5.74) is -2.96. The van der Waals surface area contributed by atoms with Crippen molar-refractivity contribution < 1.29 is 35.9 Å². The van der Waals surface area contributed by atoms with Crippen LogP contribution < -0.4 is 5.32 Å². The second kappa shape index (κ2) is 12.4.